The Morgan fingerprint density at radius 2 is 2.00 bits per heavy atom. The molecule has 0 radical (unpaired) electrons. The van der Waals surface area contributed by atoms with Crippen LogP contribution >= 0.6 is 0 Å². The summed E-state index contributed by atoms with van der Waals surface area (Å²) in [6, 6.07) is 10.1. The highest BCUT2D eigenvalue weighted by Crippen LogP contribution is 2.30. The Balaban J connectivity index is 1.62. The molecule has 0 fully saturated rings. The van der Waals surface area contributed by atoms with Gasteiger partial charge in [-0.3, -0.25) is 0 Å². The van der Waals surface area contributed by atoms with E-state index in [0.717, 1.165) is 30.2 Å². The van der Waals surface area contributed by atoms with Crippen molar-refractivity contribution in [1.82, 2.24) is 24.9 Å². The maximum absolute atomic E-state index is 5.47. The zero-order valence-corrected chi connectivity index (χ0v) is 14.8. The van der Waals surface area contributed by atoms with Crippen molar-refractivity contribution < 1.29 is 4.52 Å². The number of rotatable bonds is 4. The van der Waals surface area contributed by atoms with Crippen LogP contribution in [0.1, 0.15) is 38.0 Å². The molecule has 1 aromatic carbocycles. The fourth-order valence-electron chi connectivity index (χ4n) is 3.49. The SMILES string of the molecule is Cc1nnc2n1[C@@H](CC(C)C)CN(c1noc(-c3ccccc3)n1)C2. The van der Waals surface area contributed by atoms with E-state index < -0.39 is 0 Å². The van der Waals surface area contributed by atoms with Crippen molar-refractivity contribution in [3.63, 3.8) is 0 Å². The first-order valence-corrected chi connectivity index (χ1v) is 8.66. The van der Waals surface area contributed by atoms with E-state index in [1.807, 2.05) is 37.3 Å². The monoisotopic (exact) mass is 338 g/mol. The molecule has 1 atom stereocenters. The predicted molar refractivity (Wildman–Crippen MR) is 94.0 cm³/mol. The molecule has 7 heteroatoms. The third-order valence-electron chi connectivity index (χ3n) is 4.53. The van der Waals surface area contributed by atoms with Crippen LogP contribution in [-0.4, -0.2) is 31.4 Å². The lowest BCUT2D eigenvalue weighted by molar-refractivity contribution is 0.352. The summed E-state index contributed by atoms with van der Waals surface area (Å²) >= 11 is 0. The number of anilines is 1. The zero-order valence-electron chi connectivity index (χ0n) is 14.8. The minimum atomic E-state index is 0.317. The highest BCUT2D eigenvalue weighted by molar-refractivity contribution is 5.54. The van der Waals surface area contributed by atoms with E-state index in [-0.39, 0.29) is 0 Å². The Hall–Kier alpha value is -2.70. The number of aromatic nitrogens is 5. The van der Waals surface area contributed by atoms with E-state index in [2.05, 4.69) is 43.7 Å². The molecule has 7 nitrogen and oxygen atoms in total. The summed E-state index contributed by atoms with van der Waals surface area (Å²) in [5, 5.41) is 12.8. The summed E-state index contributed by atoms with van der Waals surface area (Å²) in [6.45, 7) is 7.96. The highest BCUT2D eigenvalue weighted by Gasteiger charge is 2.30. The minimum absolute atomic E-state index is 0.317. The lowest BCUT2D eigenvalue weighted by Crippen LogP contribution is -2.39. The molecular formula is C18H22N6O. The molecule has 130 valence electrons. The molecule has 0 spiro atoms. The number of aryl methyl sites for hydroxylation is 1. The van der Waals surface area contributed by atoms with Gasteiger partial charge in [0, 0.05) is 12.1 Å². The fourth-order valence-corrected chi connectivity index (χ4v) is 3.49. The number of hydrogen-bond acceptors (Lipinski definition) is 6. The van der Waals surface area contributed by atoms with Gasteiger partial charge in [0.2, 0.25) is 0 Å². The maximum atomic E-state index is 5.47. The Morgan fingerprint density at radius 1 is 1.20 bits per heavy atom. The molecule has 3 aromatic rings. The van der Waals surface area contributed by atoms with Crippen LogP contribution in [0.25, 0.3) is 11.5 Å². The van der Waals surface area contributed by atoms with Crippen LogP contribution in [0.4, 0.5) is 5.95 Å². The minimum Gasteiger partial charge on any atom is -0.332 e. The molecule has 1 aliphatic heterocycles. The summed E-state index contributed by atoms with van der Waals surface area (Å²) in [4.78, 5) is 6.72. The smallest absolute Gasteiger partial charge is 0.266 e. The number of nitrogens with zero attached hydrogens (tertiary/aromatic N) is 6. The molecule has 0 saturated carbocycles. The second-order valence-corrected chi connectivity index (χ2v) is 6.96. The summed E-state index contributed by atoms with van der Waals surface area (Å²) in [5.41, 5.74) is 0.927. The quantitative estimate of drug-likeness (QED) is 0.727. The van der Waals surface area contributed by atoms with Crippen molar-refractivity contribution in [3.8, 4) is 11.5 Å². The number of benzene rings is 1. The molecule has 0 saturated heterocycles. The molecule has 1 aliphatic rings. The molecule has 0 N–H and O–H groups in total. The number of hydrogen-bond donors (Lipinski definition) is 0. The molecule has 2 aromatic heterocycles. The van der Waals surface area contributed by atoms with E-state index >= 15 is 0 Å². The topological polar surface area (TPSA) is 72.9 Å². The second-order valence-electron chi connectivity index (χ2n) is 6.96. The van der Waals surface area contributed by atoms with Gasteiger partial charge in [0.05, 0.1) is 12.6 Å². The molecular weight excluding hydrogens is 316 g/mol. The Kier molecular flexibility index (Phi) is 3.99. The van der Waals surface area contributed by atoms with Gasteiger partial charge in [-0.25, -0.2) is 0 Å². The zero-order chi connectivity index (χ0) is 17.4. The van der Waals surface area contributed by atoms with Gasteiger partial charge >= 0.3 is 0 Å². The molecule has 3 heterocycles. The lowest BCUT2D eigenvalue weighted by Gasteiger charge is -2.34. The van der Waals surface area contributed by atoms with E-state index in [0.29, 0.717) is 30.3 Å². The van der Waals surface area contributed by atoms with Crippen molar-refractivity contribution in [3.05, 3.63) is 42.0 Å². The van der Waals surface area contributed by atoms with Crippen LogP contribution in [0.3, 0.4) is 0 Å². The first-order valence-electron chi connectivity index (χ1n) is 8.66. The predicted octanol–water partition coefficient (Wildman–Crippen LogP) is 3.24. The molecule has 0 aliphatic carbocycles. The van der Waals surface area contributed by atoms with E-state index in [1.54, 1.807) is 0 Å². The van der Waals surface area contributed by atoms with Gasteiger partial charge in [-0.1, -0.05) is 32.0 Å². The largest absolute Gasteiger partial charge is 0.332 e. The van der Waals surface area contributed by atoms with Crippen molar-refractivity contribution >= 4 is 5.95 Å². The second kappa shape index (κ2) is 6.31. The first kappa shape index (κ1) is 15.8. The number of fused-ring (bicyclic) bond motifs is 1. The van der Waals surface area contributed by atoms with Crippen LogP contribution in [0, 0.1) is 12.8 Å². The van der Waals surface area contributed by atoms with Crippen molar-refractivity contribution in [1.29, 1.82) is 0 Å². The van der Waals surface area contributed by atoms with Crippen molar-refractivity contribution in [2.24, 2.45) is 5.92 Å². The van der Waals surface area contributed by atoms with Gasteiger partial charge in [0.15, 0.2) is 5.82 Å². The Morgan fingerprint density at radius 3 is 2.76 bits per heavy atom. The highest BCUT2D eigenvalue weighted by atomic mass is 16.5. The standard InChI is InChI=1S/C18H22N6O/c1-12(2)9-15-10-23(11-16-21-20-13(3)24(15)16)18-19-17(25-22-18)14-7-5-4-6-8-14/h4-8,12,15H,9-11H2,1-3H3/t15-/m0/s1. The molecule has 0 amide bonds. The Bertz CT molecular complexity index is 854. The Labute approximate surface area is 146 Å². The van der Waals surface area contributed by atoms with Crippen molar-refractivity contribution in [2.75, 3.05) is 11.4 Å². The van der Waals surface area contributed by atoms with Gasteiger partial charge in [-0.2, -0.15) is 4.98 Å². The normalized spacial score (nSPS) is 17.1. The van der Waals surface area contributed by atoms with Gasteiger partial charge in [-0.15, -0.1) is 10.2 Å². The van der Waals surface area contributed by atoms with E-state index in [1.165, 1.54) is 0 Å². The van der Waals surface area contributed by atoms with Gasteiger partial charge in [0.25, 0.3) is 11.8 Å². The first-order chi connectivity index (χ1) is 12.1. The van der Waals surface area contributed by atoms with Crippen LogP contribution in [-0.2, 0) is 6.54 Å². The lowest BCUT2D eigenvalue weighted by atomic mass is 10.0. The summed E-state index contributed by atoms with van der Waals surface area (Å²) in [7, 11) is 0. The summed E-state index contributed by atoms with van der Waals surface area (Å²) < 4.78 is 7.73. The third kappa shape index (κ3) is 3.01. The molecule has 0 bridgehead atoms. The molecule has 0 unspecified atom stereocenters. The molecule has 4 rings (SSSR count). The van der Waals surface area contributed by atoms with Crippen LogP contribution in [0.15, 0.2) is 34.9 Å². The fraction of sp³-hybridized carbons (Fsp3) is 0.444. The molecule has 25 heavy (non-hydrogen) atoms. The van der Waals surface area contributed by atoms with Crippen LogP contribution in [0.2, 0.25) is 0 Å². The van der Waals surface area contributed by atoms with Crippen LogP contribution < -0.4 is 4.90 Å². The van der Waals surface area contributed by atoms with Crippen molar-refractivity contribution in [2.45, 2.75) is 39.8 Å². The van der Waals surface area contributed by atoms with Gasteiger partial charge in [-0.05, 0) is 36.6 Å². The summed E-state index contributed by atoms with van der Waals surface area (Å²) in [5.74, 6) is 3.67. The average Bonchev–Trinajstić information content (AvgIpc) is 3.23. The third-order valence-corrected chi connectivity index (χ3v) is 4.53. The van der Waals surface area contributed by atoms with Gasteiger partial charge < -0.3 is 14.0 Å². The van der Waals surface area contributed by atoms with Crippen LogP contribution in [0.5, 0.6) is 0 Å². The van der Waals surface area contributed by atoms with E-state index in [4.69, 9.17) is 4.52 Å². The summed E-state index contributed by atoms with van der Waals surface area (Å²) in [6.07, 6.45) is 1.06. The van der Waals surface area contributed by atoms with Gasteiger partial charge in [0.1, 0.15) is 5.82 Å². The van der Waals surface area contributed by atoms with E-state index in [9.17, 15) is 0 Å². The average molecular weight is 338 g/mol. The maximum Gasteiger partial charge on any atom is 0.266 e.